The second-order valence-electron chi connectivity index (χ2n) is 40.1. The summed E-state index contributed by atoms with van der Waals surface area (Å²) in [6.07, 6.45) is 17.6. The van der Waals surface area contributed by atoms with Gasteiger partial charge >= 0.3 is 76.3 Å². The van der Waals surface area contributed by atoms with E-state index in [0.29, 0.717) is 84.5 Å². The number of hydrogen-bond acceptors (Lipinski definition) is 26. The van der Waals surface area contributed by atoms with Crippen LogP contribution in [0.4, 0.5) is 27.2 Å². The Morgan fingerprint density at radius 1 is 0.377 bits per heavy atom. The average molecular weight is 1910 g/mol. The molecule has 16 aliphatic rings. The molecular formula is C96H112ClF4NaO24S4. The number of benzene rings is 6. The van der Waals surface area contributed by atoms with Crippen molar-refractivity contribution in [1.29, 1.82) is 0 Å². The Balaban J connectivity index is 0.000000153. The number of hydrogen-bond donors (Lipinski definition) is 2. The fraction of sp³-hybridized carbons (Fsp3) is 0.562. The molecule has 34 heteroatoms. The van der Waals surface area contributed by atoms with E-state index in [1.807, 2.05) is 90.1 Å². The first kappa shape index (κ1) is 101. The van der Waals surface area contributed by atoms with E-state index in [1.165, 1.54) is 29.4 Å². The molecule has 16 saturated carbocycles. The number of ether oxygens (including phenoxy) is 10. The molecule has 0 amide bonds. The van der Waals surface area contributed by atoms with E-state index in [-0.39, 0.29) is 102 Å². The van der Waals surface area contributed by atoms with Gasteiger partial charge in [0.25, 0.3) is 0 Å². The molecule has 24 nitrogen and oxygen atoms in total. The third-order valence-electron chi connectivity index (χ3n) is 26.8. The minimum Gasteiger partial charge on any atom is -1.00 e. The van der Waals surface area contributed by atoms with E-state index in [9.17, 15) is 67.1 Å². The third-order valence-corrected chi connectivity index (χ3v) is 32.3. The number of esters is 4. The van der Waals surface area contributed by atoms with Crippen molar-refractivity contribution < 1.29 is 175 Å². The Hall–Kier alpha value is -6.57. The number of aliphatic hydroxyl groups is 2. The SMILES string of the molecule is CC(C)(C)OC(=O)OC12CC3CC(CC(OC(=O)COc4ccc([S+](c5ccccc5)c5ccccc5)cc4)(C3)C1)C2.CC(C)(C)OC(=O)OC12CC3CC(CC(OC(=O)COc4ccc([S+](c5ccccc5)c5ccccc5)cc4)(C3)C1)C2.O=C(OCC12CC3CC(CC(O)(C3)C1)C2)C(F)(F)SOO[O-].O=C(OCC12CC3CC(CC(O)(C3)C1)C2)C(F)(F)SOO[O-].[Cl-].[Na+]. The number of halogens is 5. The molecule has 8 atom stereocenters. The van der Waals surface area contributed by atoms with Crippen LogP contribution in [0.25, 0.3) is 0 Å². The van der Waals surface area contributed by atoms with E-state index in [4.69, 9.17) is 47.4 Å². The van der Waals surface area contributed by atoms with Gasteiger partial charge < -0.3 is 80.5 Å². The van der Waals surface area contributed by atoms with Crippen LogP contribution in [0.15, 0.2) is 199 Å². The zero-order chi connectivity index (χ0) is 90.8. The number of carbonyl (C=O) groups is 6. The molecule has 130 heavy (non-hydrogen) atoms. The van der Waals surface area contributed by atoms with Crippen molar-refractivity contribution in [2.75, 3.05) is 26.4 Å². The molecule has 22 rings (SSSR count). The summed E-state index contributed by atoms with van der Waals surface area (Å²) in [6, 6.07) is 57.9. The molecule has 0 heterocycles. The van der Waals surface area contributed by atoms with Gasteiger partial charge in [0.15, 0.2) is 42.6 Å². The van der Waals surface area contributed by atoms with Crippen molar-refractivity contribution in [2.45, 2.75) is 280 Å². The van der Waals surface area contributed by atoms with Gasteiger partial charge in [-0.25, -0.2) is 28.8 Å². The summed E-state index contributed by atoms with van der Waals surface area (Å²) in [5.41, 5.74) is -6.04. The monoisotopic (exact) mass is 1910 g/mol. The molecule has 0 radical (unpaired) electrons. The second kappa shape index (κ2) is 41.2. The fourth-order valence-electron chi connectivity index (χ4n) is 24.7. The predicted molar refractivity (Wildman–Crippen MR) is 457 cm³/mol. The number of carbonyl (C=O) groups excluding carboxylic acids is 6. The first-order valence-corrected chi connectivity index (χ1v) is 47.9. The van der Waals surface area contributed by atoms with Crippen molar-refractivity contribution >= 4 is 82.1 Å². The van der Waals surface area contributed by atoms with Gasteiger partial charge in [0.1, 0.15) is 69.2 Å². The van der Waals surface area contributed by atoms with E-state index in [1.54, 1.807) is 0 Å². The summed E-state index contributed by atoms with van der Waals surface area (Å²) in [5.74, 6) is -0.0840. The second-order valence-corrected chi connectivity index (χ2v) is 45.8. The van der Waals surface area contributed by atoms with Crippen LogP contribution < -0.4 is 62.0 Å². The van der Waals surface area contributed by atoms with Gasteiger partial charge in [-0.3, -0.25) is 10.1 Å². The average Bonchev–Trinajstić information content (AvgIpc) is 0.716. The fourth-order valence-corrected chi connectivity index (χ4v) is 29.4. The van der Waals surface area contributed by atoms with Crippen LogP contribution in [0.2, 0.25) is 0 Å². The quantitative estimate of drug-likeness (QED) is 0.00673. The Morgan fingerprint density at radius 2 is 0.631 bits per heavy atom. The predicted octanol–water partition coefficient (Wildman–Crippen LogP) is 12.2. The Morgan fingerprint density at radius 3 is 0.885 bits per heavy atom. The number of rotatable bonds is 28. The van der Waals surface area contributed by atoms with Crippen molar-refractivity contribution in [3.8, 4) is 11.5 Å². The molecule has 16 fully saturated rings. The van der Waals surface area contributed by atoms with Gasteiger partial charge in [-0.05, 0) is 327 Å². The Kier molecular flexibility index (Phi) is 31.9. The number of alkyl halides is 4. The maximum atomic E-state index is 13.3. The molecule has 8 unspecified atom stereocenters. The minimum absolute atomic E-state index is 0. The third kappa shape index (κ3) is 25.4. The van der Waals surface area contributed by atoms with Crippen LogP contribution in [0.5, 0.6) is 11.5 Å². The summed E-state index contributed by atoms with van der Waals surface area (Å²) < 4.78 is 117. The maximum Gasteiger partial charge on any atom is 1.00 e. The standard InChI is InChI=1S/2C35H39O6S.2C13H18F2O6S.ClH.Na/c2*1-33(2,3)40-32(37)41-35-21-25-18-26(22-35)20-34(19-25,24-35)39-31(36)23-38-27-14-16-30(17-15-27)42(28-10-6-4-7-11-28)29-12-8-5-9-13-29;2*14-13(15,22-21-20-18)10(16)19-7-11-2-8-1-9(3-11)5-12(17,4-8)6-11;;/h2*4-17,25-26H,18-24H2,1-3H3;2*8-9,17-18H,1-7H2;1H;/q2*+1;;;;+1/p-3. The van der Waals surface area contributed by atoms with Crippen LogP contribution in [-0.2, 0) is 97.6 Å². The smallest absolute Gasteiger partial charge is 1.00 e. The van der Waals surface area contributed by atoms with E-state index < -0.39 is 114 Å². The normalized spacial score (nSPS) is 30.4. The van der Waals surface area contributed by atoms with Gasteiger partial charge in [0, 0.05) is 23.7 Å². The summed E-state index contributed by atoms with van der Waals surface area (Å²) >= 11 is -1.38. The molecular weight excluding hydrogens is 1800 g/mol. The zero-order valence-electron chi connectivity index (χ0n) is 74.0. The first-order chi connectivity index (χ1) is 60.7. The summed E-state index contributed by atoms with van der Waals surface area (Å²) in [6.45, 7) is 10.4. The van der Waals surface area contributed by atoms with Crippen LogP contribution in [0.3, 0.4) is 0 Å². The largest absolute Gasteiger partial charge is 1.00 e. The molecule has 6 aromatic carbocycles. The van der Waals surface area contributed by atoms with Gasteiger partial charge in [-0.15, -0.1) is 0 Å². The molecule has 16 bridgehead atoms. The van der Waals surface area contributed by atoms with Crippen molar-refractivity contribution in [2.24, 2.45) is 58.2 Å². The Labute approximate surface area is 797 Å². The van der Waals surface area contributed by atoms with Crippen LogP contribution in [0, 0.1) is 58.2 Å². The molecule has 16 aliphatic carbocycles. The van der Waals surface area contributed by atoms with E-state index in [2.05, 4.69) is 140 Å². The van der Waals surface area contributed by atoms with Crippen molar-refractivity contribution in [3.05, 3.63) is 170 Å². The van der Waals surface area contributed by atoms with Crippen molar-refractivity contribution in [3.63, 3.8) is 0 Å². The van der Waals surface area contributed by atoms with E-state index in [0.717, 1.165) is 128 Å². The molecule has 0 saturated heterocycles. The van der Waals surface area contributed by atoms with Gasteiger partial charge in [-0.2, -0.15) is 26.2 Å². The minimum atomic E-state index is -4.01. The maximum absolute atomic E-state index is 13.3. The molecule has 0 spiro atoms. The first-order valence-electron chi connectivity index (χ1n) is 44.0. The van der Waals surface area contributed by atoms with Gasteiger partial charge in [0.2, 0.25) is 0 Å². The van der Waals surface area contributed by atoms with Crippen molar-refractivity contribution in [1.82, 2.24) is 0 Å². The molecule has 700 valence electrons. The van der Waals surface area contributed by atoms with Gasteiger partial charge in [0.05, 0.1) is 46.2 Å². The molecule has 0 aliphatic heterocycles. The summed E-state index contributed by atoms with van der Waals surface area (Å²) in [4.78, 5) is 81.5. The van der Waals surface area contributed by atoms with E-state index >= 15 is 0 Å². The zero-order valence-corrected chi connectivity index (χ0v) is 80.0. The van der Waals surface area contributed by atoms with Gasteiger partial charge in [-0.1, -0.05) is 72.8 Å². The van der Waals surface area contributed by atoms with Crippen LogP contribution in [-0.4, -0.2) is 128 Å². The van der Waals surface area contributed by atoms with Crippen LogP contribution in [0.1, 0.15) is 196 Å². The summed E-state index contributed by atoms with van der Waals surface area (Å²) in [5, 5.41) is 37.8. The molecule has 0 aromatic heterocycles. The summed E-state index contributed by atoms with van der Waals surface area (Å²) in [7, 11) is -0.500. The topological polar surface area (TPSA) is 318 Å². The van der Waals surface area contributed by atoms with Crippen LogP contribution >= 0.6 is 24.1 Å². The molecule has 6 aromatic rings. The molecule has 2 N–H and O–H groups in total. The Bertz CT molecular complexity index is 4420.